The summed E-state index contributed by atoms with van der Waals surface area (Å²) in [6.07, 6.45) is 0. The number of amides is 1. The number of para-hydroxylation sites is 1. The van der Waals surface area contributed by atoms with Crippen LogP contribution in [0.3, 0.4) is 0 Å². The molecule has 0 saturated carbocycles. The van der Waals surface area contributed by atoms with Crippen molar-refractivity contribution < 1.29 is 17.9 Å². The van der Waals surface area contributed by atoms with Crippen molar-refractivity contribution >= 4 is 44.2 Å². The van der Waals surface area contributed by atoms with Gasteiger partial charge in [0.1, 0.15) is 12.3 Å². The summed E-state index contributed by atoms with van der Waals surface area (Å²) >= 11 is 2.15. The molecular formula is C23H23IN2O4S. The molecule has 0 aliphatic carbocycles. The van der Waals surface area contributed by atoms with E-state index in [0.717, 1.165) is 13.4 Å². The van der Waals surface area contributed by atoms with Crippen LogP contribution in [0.4, 0.5) is 5.69 Å². The number of hydrogen-bond acceptors (Lipinski definition) is 4. The fourth-order valence-corrected chi connectivity index (χ4v) is 4.86. The third kappa shape index (κ3) is 5.56. The molecule has 0 N–H and O–H groups in total. The summed E-state index contributed by atoms with van der Waals surface area (Å²) in [4.78, 5) is 14.7. The molecule has 3 rings (SSSR count). The summed E-state index contributed by atoms with van der Waals surface area (Å²) in [5.41, 5.74) is 1.27. The van der Waals surface area contributed by atoms with Gasteiger partial charge in [0.05, 0.1) is 17.7 Å². The molecule has 3 aromatic carbocycles. The molecule has 0 heterocycles. The standard InChI is InChI=1S/C23H23IN2O4S/c1-25(16-18-8-6-7-11-22(18)30-2)23(27)17-26(20-14-12-19(24)13-15-20)31(28,29)21-9-4-3-5-10-21/h3-15H,16-17H2,1-2H3. The van der Waals surface area contributed by atoms with Gasteiger partial charge in [-0.15, -0.1) is 0 Å². The smallest absolute Gasteiger partial charge is 0.264 e. The number of sulfonamides is 1. The number of carbonyl (C=O) groups is 1. The van der Waals surface area contributed by atoms with Crippen LogP contribution < -0.4 is 9.04 Å². The lowest BCUT2D eigenvalue weighted by atomic mass is 10.2. The van der Waals surface area contributed by atoms with E-state index in [4.69, 9.17) is 4.74 Å². The van der Waals surface area contributed by atoms with Gasteiger partial charge in [0.25, 0.3) is 10.0 Å². The Balaban J connectivity index is 1.89. The zero-order valence-electron chi connectivity index (χ0n) is 17.2. The summed E-state index contributed by atoms with van der Waals surface area (Å²) in [6.45, 7) is -0.0156. The first-order chi connectivity index (χ1) is 14.8. The summed E-state index contributed by atoms with van der Waals surface area (Å²) in [6, 6.07) is 22.6. The van der Waals surface area contributed by atoms with Crippen molar-refractivity contribution in [1.29, 1.82) is 0 Å². The van der Waals surface area contributed by atoms with E-state index in [1.54, 1.807) is 44.5 Å². The molecule has 0 aliphatic heterocycles. The normalized spacial score (nSPS) is 11.1. The highest BCUT2D eigenvalue weighted by atomic mass is 127. The summed E-state index contributed by atoms with van der Waals surface area (Å²) in [7, 11) is -0.699. The molecule has 0 unspecified atom stereocenters. The Morgan fingerprint density at radius 1 is 0.935 bits per heavy atom. The molecule has 0 saturated heterocycles. The molecule has 0 atom stereocenters. The Morgan fingerprint density at radius 2 is 1.55 bits per heavy atom. The van der Waals surface area contributed by atoms with Gasteiger partial charge in [0.15, 0.2) is 0 Å². The van der Waals surface area contributed by atoms with Crippen LogP contribution in [0.5, 0.6) is 5.75 Å². The van der Waals surface area contributed by atoms with Crippen molar-refractivity contribution in [2.45, 2.75) is 11.4 Å². The average Bonchev–Trinajstić information content (AvgIpc) is 2.79. The number of hydrogen-bond donors (Lipinski definition) is 0. The van der Waals surface area contributed by atoms with Crippen LogP contribution in [0.2, 0.25) is 0 Å². The number of methoxy groups -OCH3 is 1. The topological polar surface area (TPSA) is 66.9 Å². The largest absolute Gasteiger partial charge is 0.496 e. The molecule has 0 radical (unpaired) electrons. The Morgan fingerprint density at radius 3 is 2.19 bits per heavy atom. The zero-order valence-corrected chi connectivity index (χ0v) is 20.2. The van der Waals surface area contributed by atoms with Gasteiger partial charge < -0.3 is 9.64 Å². The fraction of sp³-hybridized carbons (Fsp3) is 0.174. The maximum Gasteiger partial charge on any atom is 0.264 e. The Labute approximate surface area is 196 Å². The highest BCUT2D eigenvalue weighted by Gasteiger charge is 2.28. The van der Waals surface area contributed by atoms with Crippen LogP contribution >= 0.6 is 22.6 Å². The van der Waals surface area contributed by atoms with E-state index >= 15 is 0 Å². The molecule has 0 aromatic heterocycles. The van der Waals surface area contributed by atoms with Crippen LogP contribution in [0.1, 0.15) is 5.56 Å². The van der Waals surface area contributed by atoms with Crippen molar-refractivity contribution in [3.63, 3.8) is 0 Å². The molecule has 8 heteroatoms. The quantitative estimate of drug-likeness (QED) is 0.396. The van der Waals surface area contributed by atoms with Crippen LogP contribution in [0, 0.1) is 3.57 Å². The number of carbonyl (C=O) groups excluding carboxylic acids is 1. The first-order valence-corrected chi connectivity index (χ1v) is 12.0. The van der Waals surface area contributed by atoms with E-state index in [0.29, 0.717) is 18.0 Å². The predicted molar refractivity (Wildman–Crippen MR) is 130 cm³/mol. The minimum atomic E-state index is -3.92. The number of halogens is 1. The van der Waals surface area contributed by atoms with Crippen molar-refractivity contribution in [3.05, 3.63) is 88.0 Å². The molecule has 0 spiro atoms. The molecule has 0 aliphatic rings. The summed E-state index contributed by atoms with van der Waals surface area (Å²) < 4.78 is 34.2. The van der Waals surface area contributed by atoms with E-state index < -0.39 is 10.0 Å². The lowest BCUT2D eigenvalue weighted by Crippen LogP contribution is -2.41. The molecule has 0 bridgehead atoms. The highest BCUT2D eigenvalue weighted by molar-refractivity contribution is 14.1. The minimum absolute atomic E-state index is 0.133. The SMILES string of the molecule is COc1ccccc1CN(C)C(=O)CN(c1ccc(I)cc1)S(=O)(=O)c1ccccc1. The second-order valence-corrected chi connectivity index (χ2v) is 9.97. The van der Waals surface area contributed by atoms with Crippen molar-refractivity contribution in [3.8, 4) is 5.75 Å². The van der Waals surface area contributed by atoms with Crippen molar-refractivity contribution in [2.75, 3.05) is 25.0 Å². The lowest BCUT2D eigenvalue weighted by Gasteiger charge is -2.27. The molecule has 1 amide bonds. The minimum Gasteiger partial charge on any atom is -0.496 e. The van der Waals surface area contributed by atoms with Crippen LogP contribution in [-0.4, -0.2) is 39.9 Å². The van der Waals surface area contributed by atoms with Crippen LogP contribution in [0.15, 0.2) is 83.8 Å². The second kappa shape index (κ2) is 10.1. The molecule has 3 aromatic rings. The molecule has 162 valence electrons. The first kappa shape index (κ1) is 23.1. The maximum absolute atomic E-state index is 13.4. The van der Waals surface area contributed by atoms with Gasteiger partial charge in [0, 0.05) is 22.7 Å². The highest BCUT2D eigenvalue weighted by Crippen LogP contribution is 2.25. The van der Waals surface area contributed by atoms with Crippen LogP contribution in [-0.2, 0) is 21.4 Å². The monoisotopic (exact) mass is 550 g/mol. The van der Waals surface area contributed by atoms with Gasteiger partial charge in [-0.1, -0.05) is 36.4 Å². The Kier molecular flexibility index (Phi) is 7.55. The third-order valence-corrected chi connectivity index (χ3v) is 7.26. The van der Waals surface area contributed by atoms with Crippen molar-refractivity contribution in [1.82, 2.24) is 4.90 Å². The predicted octanol–water partition coefficient (Wildman–Crippen LogP) is 4.15. The van der Waals surface area contributed by atoms with Gasteiger partial charge in [-0.3, -0.25) is 9.10 Å². The van der Waals surface area contributed by atoms with E-state index in [1.165, 1.54) is 17.0 Å². The number of nitrogens with zero attached hydrogens (tertiary/aromatic N) is 2. The van der Waals surface area contributed by atoms with E-state index in [9.17, 15) is 13.2 Å². The lowest BCUT2D eigenvalue weighted by molar-refractivity contribution is -0.128. The number of likely N-dealkylation sites (N-methyl/N-ethyl adjacent to an activating group) is 1. The van der Waals surface area contributed by atoms with Crippen molar-refractivity contribution in [2.24, 2.45) is 0 Å². The van der Waals surface area contributed by atoms with Gasteiger partial charge in [-0.25, -0.2) is 8.42 Å². The molecule has 0 fully saturated rings. The van der Waals surface area contributed by atoms with E-state index in [1.807, 2.05) is 36.4 Å². The third-order valence-electron chi connectivity index (χ3n) is 4.75. The Bertz CT molecular complexity index is 1140. The summed E-state index contributed by atoms with van der Waals surface area (Å²) in [5.74, 6) is 0.345. The fourth-order valence-electron chi connectivity index (χ4n) is 3.06. The number of anilines is 1. The molecule has 6 nitrogen and oxygen atoms in total. The van der Waals surface area contributed by atoms with Gasteiger partial charge in [0.2, 0.25) is 5.91 Å². The maximum atomic E-state index is 13.4. The number of rotatable bonds is 8. The number of benzene rings is 3. The van der Waals surface area contributed by atoms with Gasteiger partial charge >= 0.3 is 0 Å². The summed E-state index contributed by atoms with van der Waals surface area (Å²) in [5, 5.41) is 0. The first-order valence-electron chi connectivity index (χ1n) is 9.52. The Hall–Kier alpha value is -2.59. The van der Waals surface area contributed by atoms with Gasteiger partial charge in [-0.2, -0.15) is 0 Å². The van der Waals surface area contributed by atoms with E-state index in [2.05, 4.69) is 22.6 Å². The average molecular weight is 550 g/mol. The number of ether oxygens (including phenoxy) is 1. The van der Waals surface area contributed by atoms with Gasteiger partial charge in [-0.05, 0) is 65.1 Å². The second-order valence-electron chi connectivity index (χ2n) is 6.86. The molecular weight excluding hydrogens is 527 g/mol. The van der Waals surface area contributed by atoms with E-state index in [-0.39, 0.29) is 17.3 Å². The zero-order chi connectivity index (χ0) is 22.4. The van der Waals surface area contributed by atoms with Crippen LogP contribution in [0.25, 0.3) is 0 Å². The molecule has 31 heavy (non-hydrogen) atoms.